The summed E-state index contributed by atoms with van der Waals surface area (Å²) in [5.74, 6) is -0.295. The van der Waals surface area contributed by atoms with E-state index in [9.17, 15) is 14.4 Å². The Balaban J connectivity index is 1.91. The topological polar surface area (TPSA) is 66.5 Å². The number of rotatable bonds is 6. The minimum absolute atomic E-state index is 0.0196. The zero-order valence-electron chi connectivity index (χ0n) is 13.0. The molecule has 0 radical (unpaired) electrons. The second-order valence-electron chi connectivity index (χ2n) is 5.21. The molecule has 0 spiro atoms. The Labute approximate surface area is 144 Å². The van der Waals surface area contributed by atoms with Crippen LogP contribution in [-0.2, 0) is 9.59 Å². The number of carbonyl (C=O) groups is 3. The number of benzene rings is 1. The Bertz CT molecular complexity index is 660. The third-order valence-electron chi connectivity index (χ3n) is 3.49. The summed E-state index contributed by atoms with van der Waals surface area (Å²) in [5, 5.41) is 2.61. The molecule has 2 amide bonds. The fraction of sp³-hybridized carbons (Fsp3) is 0.375. The molecule has 1 aromatic carbocycles. The van der Waals surface area contributed by atoms with Crippen molar-refractivity contribution < 1.29 is 14.4 Å². The summed E-state index contributed by atoms with van der Waals surface area (Å²) in [4.78, 5) is 37.0. The van der Waals surface area contributed by atoms with E-state index in [0.29, 0.717) is 15.6 Å². The van der Waals surface area contributed by atoms with Crippen LogP contribution in [-0.4, -0.2) is 38.6 Å². The number of hydrogen-bond acceptors (Lipinski definition) is 5. The Morgan fingerprint density at radius 1 is 1.39 bits per heavy atom. The molecule has 1 atom stereocenters. The molecule has 2 rings (SSSR count). The number of thiocarbonyl (C=S) groups is 1. The summed E-state index contributed by atoms with van der Waals surface area (Å²) in [6.45, 7) is 3.69. The van der Waals surface area contributed by atoms with Gasteiger partial charge in [-0.25, -0.2) is 0 Å². The van der Waals surface area contributed by atoms with Crippen molar-refractivity contribution in [2.75, 3.05) is 11.9 Å². The van der Waals surface area contributed by atoms with Crippen molar-refractivity contribution in [2.45, 2.75) is 31.9 Å². The van der Waals surface area contributed by atoms with E-state index in [2.05, 4.69) is 5.32 Å². The van der Waals surface area contributed by atoms with Crippen molar-refractivity contribution in [2.24, 2.45) is 0 Å². The zero-order chi connectivity index (χ0) is 17.0. The lowest BCUT2D eigenvalue weighted by molar-refractivity contribution is -0.126. The maximum atomic E-state index is 12.1. The number of nitrogens with one attached hydrogen (secondary N) is 1. The highest BCUT2D eigenvalue weighted by Crippen LogP contribution is 2.29. The standard InChI is InChI=1S/C16H18N2O3S2/c1-3-13-15(21)18(16(22)23-13)8-7-14(20)17-12-6-4-5-11(9-12)10(2)19/h4-6,9,13H,3,7-8H2,1-2H3,(H,17,20). The molecule has 1 N–H and O–H groups in total. The van der Waals surface area contributed by atoms with Gasteiger partial charge < -0.3 is 5.32 Å². The number of amides is 2. The Kier molecular flexibility index (Phi) is 5.90. The second-order valence-corrected chi connectivity index (χ2v) is 7.04. The third kappa shape index (κ3) is 4.39. The number of carbonyl (C=O) groups excluding carboxylic acids is 3. The van der Waals surface area contributed by atoms with E-state index in [1.807, 2.05) is 6.92 Å². The van der Waals surface area contributed by atoms with Crippen LogP contribution in [0.4, 0.5) is 5.69 Å². The highest BCUT2D eigenvalue weighted by atomic mass is 32.2. The van der Waals surface area contributed by atoms with Crippen LogP contribution in [0.5, 0.6) is 0 Å². The van der Waals surface area contributed by atoms with Gasteiger partial charge in [0.15, 0.2) is 5.78 Å². The number of anilines is 1. The maximum absolute atomic E-state index is 12.1. The van der Waals surface area contributed by atoms with Crippen LogP contribution in [0.15, 0.2) is 24.3 Å². The molecule has 122 valence electrons. The molecular weight excluding hydrogens is 332 g/mol. The van der Waals surface area contributed by atoms with E-state index in [1.54, 1.807) is 24.3 Å². The minimum Gasteiger partial charge on any atom is -0.326 e. The van der Waals surface area contributed by atoms with Gasteiger partial charge >= 0.3 is 0 Å². The predicted molar refractivity (Wildman–Crippen MR) is 95.7 cm³/mol. The molecular formula is C16H18N2O3S2. The molecule has 7 heteroatoms. The fourth-order valence-corrected chi connectivity index (χ4v) is 3.69. The Morgan fingerprint density at radius 2 is 2.13 bits per heavy atom. The van der Waals surface area contributed by atoms with Crippen LogP contribution in [0.3, 0.4) is 0 Å². The van der Waals surface area contributed by atoms with Crippen LogP contribution in [0.1, 0.15) is 37.0 Å². The van der Waals surface area contributed by atoms with E-state index in [-0.39, 0.29) is 35.8 Å². The van der Waals surface area contributed by atoms with Crippen LogP contribution >= 0.6 is 24.0 Å². The van der Waals surface area contributed by atoms with Gasteiger partial charge in [-0.15, -0.1) is 0 Å². The Morgan fingerprint density at radius 3 is 2.74 bits per heavy atom. The fourth-order valence-electron chi connectivity index (χ4n) is 2.21. The molecule has 0 aromatic heterocycles. The molecule has 0 aliphatic carbocycles. The van der Waals surface area contributed by atoms with Crippen molar-refractivity contribution in [3.8, 4) is 0 Å². The summed E-state index contributed by atoms with van der Waals surface area (Å²) in [6, 6.07) is 6.77. The molecule has 1 aliphatic heterocycles. The van der Waals surface area contributed by atoms with Crippen LogP contribution in [0.25, 0.3) is 0 Å². The number of nitrogens with zero attached hydrogens (tertiary/aromatic N) is 1. The molecule has 1 saturated heterocycles. The molecule has 0 saturated carbocycles. The second kappa shape index (κ2) is 7.70. The van der Waals surface area contributed by atoms with Gasteiger partial charge in [0.1, 0.15) is 4.32 Å². The largest absolute Gasteiger partial charge is 0.326 e. The average Bonchev–Trinajstić information content (AvgIpc) is 2.79. The van der Waals surface area contributed by atoms with Gasteiger partial charge in [0.05, 0.1) is 5.25 Å². The summed E-state index contributed by atoms with van der Waals surface area (Å²) in [6.07, 6.45) is 0.886. The van der Waals surface area contributed by atoms with E-state index in [4.69, 9.17) is 12.2 Å². The number of hydrogen-bond donors (Lipinski definition) is 1. The lowest BCUT2D eigenvalue weighted by atomic mass is 10.1. The van der Waals surface area contributed by atoms with E-state index in [0.717, 1.165) is 6.42 Å². The van der Waals surface area contributed by atoms with Gasteiger partial charge in [-0.1, -0.05) is 43.0 Å². The molecule has 5 nitrogen and oxygen atoms in total. The predicted octanol–water partition coefficient (Wildman–Crippen LogP) is 2.86. The SMILES string of the molecule is CCC1SC(=S)N(CCC(=O)Nc2cccc(C(C)=O)c2)C1=O. The van der Waals surface area contributed by atoms with Gasteiger partial charge in [-0.3, -0.25) is 19.3 Å². The van der Waals surface area contributed by atoms with Crippen molar-refractivity contribution in [3.63, 3.8) is 0 Å². The molecule has 1 aromatic rings. The maximum Gasteiger partial charge on any atom is 0.241 e. The summed E-state index contributed by atoms with van der Waals surface area (Å²) >= 11 is 6.57. The van der Waals surface area contributed by atoms with Crippen molar-refractivity contribution >= 4 is 51.6 Å². The van der Waals surface area contributed by atoms with Crippen molar-refractivity contribution in [1.82, 2.24) is 4.90 Å². The van der Waals surface area contributed by atoms with Crippen molar-refractivity contribution in [1.29, 1.82) is 0 Å². The van der Waals surface area contributed by atoms with Gasteiger partial charge in [-0.05, 0) is 25.5 Å². The quantitative estimate of drug-likeness (QED) is 0.631. The molecule has 1 fully saturated rings. The third-order valence-corrected chi connectivity index (χ3v) is 5.24. The number of thioether (sulfide) groups is 1. The van der Waals surface area contributed by atoms with Crippen LogP contribution < -0.4 is 5.32 Å². The summed E-state index contributed by atoms with van der Waals surface area (Å²) in [5.41, 5.74) is 1.11. The molecule has 0 bridgehead atoms. The lowest BCUT2D eigenvalue weighted by Gasteiger charge is -2.15. The van der Waals surface area contributed by atoms with Gasteiger partial charge in [0.2, 0.25) is 11.8 Å². The molecule has 23 heavy (non-hydrogen) atoms. The first-order valence-corrected chi connectivity index (χ1v) is 8.64. The van der Waals surface area contributed by atoms with Crippen molar-refractivity contribution in [3.05, 3.63) is 29.8 Å². The smallest absolute Gasteiger partial charge is 0.241 e. The molecule has 1 aliphatic rings. The Hall–Kier alpha value is -1.73. The minimum atomic E-state index is -0.216. The highest BCUT2D eigenvalue weighted by molar-refractivity contribution is 8.24. The van der Waals surface area contributed by atoms with Gasteiger partial charge in [-0.2, -0.15) is 0 Å². The van der Waals surface area contributed by atoms with E-state index >= 15 is 0 Å². The first kappa shape index (κ1) is 17.6. The highest BCUT2D eigenvalue weighted by Gasteiger charge is 2.35. The van der Waals surface area contributed by atoms with Gasteiger partial charge in [0, 0.05) is 24.2 Å². The summed E-state index contributed by atoms with van der Waals surface area (Å²) < 4.78 is 0.535. The van der Waals surface area contributed by atoms with Crippen LogP contribution in [0.2, 0.25) is 0 Å². The van der Waals surface area contributed by atoms with E-state index < -0.39 is 0 Å². The zero-order valence-corrected chi connectivity index (χ0v) is 14.6. The van der Waals surface area contributed by atoms with Crippen LogP contribution in [0, 0.1) is 0 Å². The normalized spacial score (nSPS) is 17.5. The lowest BCUT2D eigenvalue weighted by Crippen LogP contribution is -2.34. The monoisotopic (exact) mass is 350 g/mol. The van der Waals surface area contributed by atoms with Gasteiger partial charge in [0.25, 0.3) is 0 Å². The number of ketones is 1. The number of Topliss-reactive ketones (excluding diaryl/α,β-unsaturated/α-hetero) is 1. The first-order chi connectivity index (χ1) is 10.9. The first-order valence-electron chi connectivity index (χ1n) is 7.35. The molecule has 1 unspecified atom stereocenters. The summed E-state index contributed by atoms with van der Waals surface area (Å²) in [7, 11) is 0. The van der Waals surface area contributed by atoms with E-state index in [1.165, 1.54) is 23.6 Å². The molecule has 1 heterocycles. The average molecular weight is 350 g/mol.